The number of rotatable bonds is 5. The Morgan fingerprint density at radius 2 is 2.05 bits per heavy atom. The highest BCUT2D eigenvalue weighted by Crippen LogP contribution is 2.19. The average Bonchev–Trinajstić information content (AvgIpc) is 2.32. The van der Waals surface area contributed by atoms with E-state index in [9.17, 15) is 18.0 Å². The maximum atomic E-state index is 12.0. The van der Waals surface area contributed by atoms with Gasteiger partial charge in [0.2, 0.25) is 5.91 Å². The molecule has 0 saturated heterocycles. The molecule has 106 valence electrons. The number of benzene rings is 1. The van der Waals surface area contributed by atoms with Crippen molar-refractivity contribution in [3.05, 3.63) is 34.9 Å². The van der Waals surface area contributed by atoms with Crippen molar-refractivity contribution in [2.75, 3.05) is 13.6 Å². The molecule has 0 atom stereocenters. The lowest BCUT2D eigenvalue weighted by atomic mass is 10.1. The second kappa shape index (κ2) is 6.80. The zero-order chi connectivity index (χ0) is 14.5. The molecule has 0 unspecified atom stereocenters. The molecule has 0 radical (unpaired) electrons. The van der Waals surface area contributed by atoms with Gasteiger partial charge in [-0.05, 0) is 24.1 Å². The van der Waals surface area contributed by atoms with Crippen LogP contribution in [-0.4, -0.2) is 30.6 Å². The number of hydrogen-bond donors (Lipinski definition) is 0. The summed E-state index contributed by atoms with van der Waals surface area (Å²) in [5.41, 5.74) is 0.894. The van der Waals surface area contributed by atoms with Crippen molar-refractivity contribution in [3.8, 4) is 0 Å². The predicted molar refractivity (Wildman–Crippen MR) is 68.1 cm³/mol. The smallest absolute Gasteiger partial charge is 0.345 e. The van der Waals surface area contributed by atoms with E-state index in [2.05, 4.69) is 0 Å². The van der Waals surface area contributed by atoms with E-state index in [0.29, 0.717) is 11.4 Å². The Labute approximate surface area is 115 Å². The van der Waals surface area contributed by atoms with Gasteiger partial charge in [-0.2, -0.15) is 13.2 Å². The predicted octanol–water partition coefficient (Wildman–Crippen LogP) is 3.68. The highest BCUT2D eigenvalue weighted by molar-refractivity contribution is 6.30. The molecule has 0 bridgehead atoms. The number of amides is 1. The fraction of sp³-hybridized carbons (Fsp3) is 0.462. The summed E-state index contributed by atoms with van der Waals surface area (Å²) in [6, 6.07) is 7.07. The van der Waals surface area contributed by atoms with E-state index in [1.54, 1.807) is 18.2 Å². The minimum Gasteiger partial charge on any atom is -0.345 e. The van der Waals surface area contributed by atoms with Crippen LogP contribution in [0.1, 0.15) is 18.4 Å². The topological polar surface area (TPSA) is 20.3 Å². The van der Waals surface area contributed by atoms with Crippen molar-refractivity contribution >= 4 is 17.5 Å². The van der Waals surface area contributed by atoms with Crippen LogP contribution in [0.4, 0.5) is 13.2 Å². The monoisotopic (exact) mass is 293 g/mol. The zero-order valence-corrected chi connectivity index (χ0v) is 11.3. The van der Waals surface area contributed by atoms with Gasteiger partial charge in [0.05, 0.1) is 6.42 Å². The van der Waals surface area contributed by atoms with Crippen LogP contribution in [0.3, 0.4) is 0 Å². The molecule has 0 aliphatic heterocycles. The Balaban J connectivity index is 2.38. The van der Waals surface area contributed by atoms with E-state index in [0.717, 1.165) is 10.5 Å². The fourth-order valence-corrected chi connectivity index (χ4v) is 1.77. The molecule has 0 aliphatic rings. The molecule has 2 nitrogen and oxygen atoms in total. The van der Waals surface area contributed by atoms with Gasteiger partial charge in [-0.25, -0.2) is 0 Å². The van der Waals surface area contributed by atoms with Crippen LogP contribution in [0, 0.1) is 0 Å². The second-order valence-corrected chi connectivity index (χ2v) is 4.75. The van der Waals surface area contributed by atoms with Gasteiger partial charge >= 0.3 is 6.18 Å². The van der Waals surface area contributed by atoms with E-state index in [-0.39, 0.29) is 18.9 Å². The van der Waals surface area contributed by atoms with Crippen LogP contribution in [0.5, 0.6) is 0 Å². The van der Waals surface area contributed by atoms with Crippen molar-refractivity contribution in [1.82, 2.24) is 4.90 Å². The lowest BCUT2D eigenvalue weighted by molar-refractivity contribution is -0.144. The largest absolute Gasteiger partial charge is 0.390 e. The molecular weight excluding hydrogens is 279 g/mol. The summed E-state index contributed by atoms with van der Waals surface area (Å²) in [7, 11) is 1.38. The van der Waals surface area contributed by atoms with Crippen molar-refractivity contribution in [1.29, 1.82) is 0 Å². The summed E-state index contributed by atoms with van der Waals surface area (Å²) < 4.78 is 36.1. The lowest BCUT2D eigenvalue weighted by Crippen LogP contribution is -2.30. The third-order valence-electron chi connectivity index (χ3n) is 2.67. The van der Waals surface area contributed by atoms with Crippen LogP contribution in [0.25, 0.3) is 0 Å². The molecule has 0 aromatic heterocycles. The number of alkyl halides is 3. The van der Waals surface area contributed by atoms with E-state index in [1.807, 2.05) is 6.07 Å². The van der Waals surface area contributed by atoms with Gasteiger partial charge in [0.25, 0.3) is 0 Å². The van der Waals surface area contributed by atoms with Crippen LogP contribution < -0.4 is 0 Å². The molecule has 0 fully saturated rings. The highest BCUT2D eigenvalue weighted by Gasteiger charge is 2.27. The maximum Gasteiger partial charge on any atom is 0.390 e. The molecule has 0 spiro atoms. The second-order valence-electron chi connectivity index (χ2n) is 4.31. The first-order valence-electron chi connectivity index (χ1n) is 5.83. The summed E-state index contributed by atoms with van der Waals surface area (Å²) in [6.45, 7) is -0.308. The Morgan fingerprint density at radius 3 is 2.63 bits per heavy atom. The van der Waals surface area contributed by atoms with E-state index >= 15 is 0 Å². The van der Waals surface area contributed by atoms with Crippen molar-refractivity contribution in [3.63, 3.8) is 0 Å². The normalized spacial score (nSPS) is 11.4. The van der Waals surface area contributed by atoms with Gasteiger partial charge in [-0.15, -0.1) is 0 Å². The molecule has 1 aromatic carbocycles. The first kappa shape index (κ1) is 15.8. The van der Waals surface area contributed by atoms with E-state index in [1.165, 1.54) is 7.05 Å². The van der Waals surface area contributed by atoms with Crippen molar-refractivity contribution in [2.24, 2.45) is 0 Å². The third-order valence-corrected chi connectivity index (χ3v) is 2.91. The van der Waals surface area contributed by atoms with E-state index < -0.39 is 12.6 Å². The molecule has 0 N–H and O–H groups in total. The SMILES string of the molecule is CN(CCC(F)(F)F)C(=O)CCc1cccc(Cl)c1. The average molecular weight is 294 g/mol. The molecule has 1 rings (SSSR count). The summed E-state index contributed by atoms with van der Waals surface area (Å²) in [5, 5.41) is 0.579. The highest BCUT2D eigenvalue weighted by atomic mass is 35.5. The Morgan fingerprint density at radius 1 is 1.37 bits per heavy atom. The minimum absolute atomic E-state index is 0.175. The maximum absolute atomic E-state index is 12.0. The number of carbonyl (C=O) groups excluding carboxylic acids is 1. The number of halogens is 4. The Bertz CT molecular complexity index is 434. The van der Waals surface area contributed by atoms with Gasteiger partial charge in [-0.1, -0.05) is 23.7 Å². The summed E-state index contributed by atoms with van der Waals surface area (Å²) >= 11 is 5.80. The van der Waals surface area contributed by atoms with Gasteiger partial charge in [-0.3, -0.25) is 4.79 Å². The Kier molecular flexibility index (Phi) is 5.66. The number of nitrogens with zero attached hydrogens (tertiary/aromatic N) is 1. The quantitative estimate of drug-likeness (QED) is 0.811. The molecule has 1 aromatic rings. The van der Waals surface area contributed by atoms with Crippen LogP contribution in [0.15, 0.2) is 24.3 Å². The summed E-state index contributed by atoms with van der Waals surface area (Å²) in [6.07, 6.45) is -4.57. The van der Waals surface area contributed by atoms with Gasteiger partial charge in [0.15, 0.2) is 0 Å². The molecular formula is C13H15ClF3NO. The molecule has 0 heterocycles. The van der Waals surface area contributed by atoms with Crippen LogP contribution in [-0.2, 0) is 11.2 Å². The first-order valence-corrected chi connectivity index (χ1v) is 6.21. The number of carbonyl (C=O) groups is 1. The third kappa shape index (κ3) is 6.47. The summed E-state index contributed by atoms with van der Waals surface area (Å²) in [5.74, 6) is -0.302. The molecule has 0 saturated carbocycles. The van der Waals surface area contributed by atoms with Gasteiger partial charge < -0.3 is 4.90 Å². The Hall–Kier alpha value is -1.23. The standard InChI is InChI=1S/C13H15ClF3NO/c1-18(8-7-13(15,16)17)12(19)6-5-10-3-2-4-11(14)9-10/h2-4,9H,5-8H2,1H3. The zero-order valence-electron chi connectivity index (χ0n) is 10.5. The molecule has 6 heteroatoms. The molecule has 0 aliphatic carbocycles. The van der Waals surface area contributed by atoms with Crippen molar-refractivity contribution < 1.29 is 18.0 Å². The first-order chi connectivity index (χ1) is 8.78. The van der Waals surface area contributed by atoms with E-state index in [4.69, 9.17) is 11.6 Å². The van der Waals surface area contributed by atoms with Crippen LogP contribution in [0.2, 0.25) is 5.02 Å². The molecule has 1 amide bonds. The fourth-order valence-electron chi connectivity index (χ4n) is 1.55. The van der Waals surface area contributed by atoms with Gasteiger partial charge in [0.1, 0.15) is 0 Å². The minimum atomic E-state index is -4.23. The number of hydrogen-bond acceptors (Lipinski definition) is 1. The molecule has 19 heavy (non-hydrogen) atoms. The van der Waals surface area contributed by atoms with Crippen molar-refractivity contribution in [2.45, 2.75) is 25.4 Å². The summed E-state index contributed by atoms with van der Waals surface area (Å²) in [4.78, 5) is 12.8. The number of aryl methyl sites for hydroxylation is 1. The lowest BCUT2D eigenvalue weighted by Gasteiger charge is -2.18. The van der Waals surface area contributed by atoms with Crippen LogP contribution >= 0.6 is 11.6 Å². The van der Waals surface area contributed by atoms with Gasteiger partial charge in [0, 0.05) is 25.0 Å².